The Morgan fingerprint density at radius 2 is 2.00 bits per heavy atom. The van der Waals surface area contributed by atoms with E-state index in [1.54, 1.807) is 0 Å². The summed E-state index contributed by atoms with van der Waals surface area (Å²) < 4.78 is 46.3. The van der Waals surface area contributed by atoms with Gasteiger partial charge in [-0.1, -0.05) is 31.2 Å². The first-order valence-corrected chi connectivity index (χ1v) is 11.0. The molecule has 2 aromatic rings. The number of fused-ring (bicyclic) bond motifs is 1. The van der Waals surface area contributed by atoms with E-state index in [9.17, 15) is 13.2 Å². The molecule has 0 aliphatic carbocycles. The number of hydrogen-bond donors (Lipinski definition) is 0. The zero-order valence-electron chi connectivity index (χ0n) is 12.7. The molecule has 0 spiro atoms. The summed E-state index contributed by atoms with van der Waals surface area (Å²) in [5, 5.41) is -0.226. The first kappa shape index (κ1) is 17.3. The van der Waals surface area contributed by atoms with E-state index in [1.807, 2.05) is 0 Å². The standard InChI is InChI=1S/C14H18ClF3N2OSi/c1-22(2,3)7-6-21-9-20-8-10(14(16,17)18)12-11(20)4-5-19-13(12)15/h4-5,8H,6-7,9H2,1-3H3. The molecule has 0 unspecified atom stereocenters. The van der Waals surface area contributed by atoms with E-state index in [1.165, 1.54) is 16.8 Å². The maximum atomic E-state index is 13.1. The van der Waals surface area contributed by atoms with Crippen LogP contribution in [-0.2, 0) is 17.6 Å². The van der Waals surface area contributed by atoms with Crippen molar-refractivity contribution >= 4 is 30.6 Å². The number of hydrogen-bond acceptors (Lipinski definition) is 2. The minimum Gasteiger partial charge on any atom is -0.361 e. The van der Waals surface area contributed by atoms with Crippen molar-refractivity contribution in [2.24, 2.45) is 0 Å². The van der Waals surface area contributed by atoms with Crippen LogP contribution in [0.25, 0.3) is 10.9 Å². The Balaban J connectivity index is 2.26. The lowest BCUT2D eigenvalue weighted by Gasteiger charge is -2.15. The fraction of sp³-hybridized carbons (Fsp3) is 0.500. The van der Waals surface area contributed by atoms with Gasteiger partial charge in [-0.25, -0.2) is 4.98 Å². The maximum Gasteiger partial charge on any atom is 0.418 e. The molecular formula is C14H18ClF3N2OSi. The van der Waals surface area contributed by atoms with Crippen molar-refractivity contribution in [3.05, 3.63) is 29.2 Å². The first-order chi connectivity index (χ1) is 10.1. The van der Waals surface area contributed by atoms with Gasteiger partial charge in [0.2, 0.25) is 0 Å². The number of rotatable bonds is 5. The molecule has 0 amide bonds. The van der Waals surface area contributed by atoms with Crippen molar-refractivity contribution in [2.45, 2.75) is 38.6 Å². The molecule has 2 aromatic heterocycles. The Bertz CT molecular complexity index is 664. The maximum absolute atomic E-state index is 13.1. The molecule has 2 rings (SSSR count). The highest BCUT2D eigenvalue weighted by Crippen LogP contribution is 2.38. The third-order valence-electron chi connectivity index (χ3n) is 3.28. The zero-order valence-corrected chi connectivity index (χ0v) is 14.4. The van der Waals surface area contributed by atoms with Crippen LogP contribution in [0.4, 0.5) is 13.2 Å². The van der Waals surface area contributed by atoms with Crippen LogP contribution >= 0.6 is 11.6 Å². The minimum atomic E-state index is -4.48. The smallest absolute Gasteiger partial charge is 0.361 e. The molecule has 0 radical (unpaired) electrons. The summed E-state index contributed by atoms with van der Waals surface area (Å²) in [7, 11) is -1.23. The second-order valence-electron chi connectivity index (χ2n) is 6.35. The summed E-state index contributed by atoms with van der Waals surface area (Å²) in [6, 6.07) is 2.47. The van der Waals surface area contributed by atoms with Gasteiger partial charge in [0, 0.05) is 32.5 Å². The average Bonchev–Trinajstić information content (AvgIpc) is 2.74. The molecule has 122 valence electrons. The molecule has 0 atom stereocenters. The molecule has 8 heteroatoms. The van der Waals surface area contributed by atoms with Gasteiger partial charge in [0.1, 0.15) is 11.9 Å². The Kier molecular flexibility index (Phi) is 4.89. The normalized spacial score (nSPS) is 13.0. The van der Waals surface area contributed by atoms with Gasteiger partial charge in [0.25, 0.3) is 0 Å². The lowest BCUT2D eigenvalue weighted by atomic mass is 10.2. The predicted octanol–water partition coefficient (Wildman–Crippen LogP) is 5.02. The molecule has 0 saturated carbocycles. The van der Waals surface area contributed by atoms with Gasteiger partial charge in [-0.05, 0) is 12.1 Å². The van der Waals surface area contributed by atoms with Gasteiger partial charge in [0.15, 0.2) is 0 Å². The largest absolute Gasteiger partial charge is 0.418 e. The molecule has 22 heavy (non-hydrogen) atoms. The summed E-state index contributed by atoms with van der Waals surface area (Å²) in [6.07, 6.45) is -2.05. The predicted molar refractivity (Wildman–Crippen MR) is 83.9 cm³/mol. The van der Waals surface area contributed by atoms with E-state index >= 15 is 0 Å². The number of nitrogens with zero attached hydrogens (tertiary/aromatic N) is 2. The Morgan fingerprint density at radius 1 is 1.32 bits per heavy atom. The van der Waals surface area contributed by atoms with E-state index in [0.717, 1.165) is 12.2 Å². The van der Waals surface area contributed by atoms with Gasteiger partial charge in [-0.15, -0.1) is 0 Å². The molecule has 0 bridgehead atoms. The fourth-order valence-electron chi connectivity index (χ4n) is 2.07. The van der Waals surface area contributed by atoms with Crippen molar-refractivity contribution in [2.75, 3.05) is 6.61 Å². The van der Waals surface area contributed by atoms with Gasteiger partial charge < -0.3 is 9.30 Å². The summed E-state index contributed by atoms with van der Waals surface area (Å²) in [5.41, 5.74) is -0.408. The monoisotopic (exact) mass is 350 g/mol. The lowest BCUT2D eigenvalue weighted by Crippen LogP contribution is -2.22. The van der Waals surface area contributed by atoms with Crippen molar-refractivity contribution < 1.29 is 17.9 Å². The summed E-state index contributed by atoms with van der Waals surface area (Å²) >= 11 is 5.84. The van der Waals surface area contributed by atoms with E-state index in [4.69, 9.17) is 16.3 Å². The van der Waals surface area contributed by atoms with Crippen LogP contribution in [-0.4, -0.2) is 24.2 Å². The van der Waals surface area contributed by atoms with Crippen molar-refractivity contribution in [3.8, 4) is 0 Å². The highest BCUT2D eigenvalue weighted by molar-refractivity contribution is 6.76. The molecule has 0 saturated heterocycles. The second-order valence-corrected chi connectivity index (χ2v) is 12.3. The number of alkyl halides is 3. The summed E-state index contributed by atoms with van der Waals surface area (Å²) in [4.78, 5) is 3.74. The molecule has 0 N–H and O–H groups in total. The SMILES string of the molecule is C[Si](C)(C)CCOCn1cc(C(F)(F)F)c2c(Cl)nccc21. The number of ether oxygens (including phenoxy) is 1. The molecule has 0 aromatic carbocycles. The Labute approximate surface area is 133 Å². The highest BCUT2D eigenvalue weighted by atomic mass is 35.5. The molecular weight excluding hydrogens is 333 g/mol. The highest BCUT2D eigenvalue weighted by Gasteiger charge is 2.35. The third kappa shape index (κ3) is 4.02. The van der Waals surface area contributed by atoms with E-state index < -0.39 is 19.8 Å². The lowest BCUT2D eigenvalue weighted by molar-refractivity contribution is -0.136. The van der Waals surface area contributed by atoms with Crippen LogP contribution in [0.5, 0.6) is 0 Å². The summed E-state index contributed by atoms with van der Waals surface area (Å²) in [5.74, 6) is 0. The first-order valence-electron chi connectivity index (χ1n) is 6.88. The summed E-state index contributed by atoms with van der Waals surface area (Å²) in [6.45, 7) is 7.25. The van der Waals surface area contributed by atoms with Crippen molar-refractivity contribution in [1.82, 2.24) is 9.55 Å². The number of halogens is 4. The van der Waals surface area contributed by atoms with E-state index in [0.29, 0.717) is 12.1 Å². The van der Waals surface area contributed by atoms with Crippen LogP contribution in [0.2, 0.25) is 30.8 Å². The number of aromatic nitrogens is 2. The molecule has 0 aliphatic heterocycles. The van der Waals surface area contributed by atoms with E-state index in [-0.39, 0.29) is 17.3 Å². The van der Waals surface area contributed by atoms with Gasteiger partial charge in [-0.2, -0.15) is 13.2 Å². The molecule has 2 heterocycles. The van der Waals surface area contributed by atoms with Gasteiger partial charge >= 0.3 is 6.18 Å². The minimum absolute atomic E-state index is 0.0669. The van der Waals surface area contributed by atoms with Crippen LogP contribution < -0.4 is 0 Å². The van der Waals surface area contributed by atoms with Crippen LogP contribution in [0.3, 0.4) is 0 Å². The van der Waals surface area contributed by atoms with Crippen LogP contribution in [0.15, 0.2) is 18.5 Å². The zero-order chi connectivity index (χ0) is 16.5. The molecule has 0 aliphatic rings. The van der Waals surface area contributed by atoms with Crippen molar-refractivity contribution in [3.63, 3.8) is 0 Å². The third-order valence-corrected chi connectivity index (χ3v) is 5.27. The molecule has 3 nitrogen and oxygen atoms in total. The second kappa shape index (κ2) is 6.21. The van der Waals surface area contributed by atoms with Crippen LogP contribution in [0, 0.1) is 0 Å². The van der Waals surface area contributed by atoms with Gasteiger partial charge in [-0.3, -0.25) is 0 Å². The quantitative estimate of drug-likeness (QED) is 0.430. The average molecular weight is 351 g/mol. The van der Waals surface area contributed by atoms with Crippen molar-refractivity contribution in [1.29, 1.82) is 0 Å². The molecule has 0 fully saturated rings. The Hall–Kier alpha value is -1.05. The fourth-order valence-corrected chi connectivity index (χ4v) is 3.08. The van der Waals surface area contributed by atoms with E-state index in [2.05, 4.69) is 24.6 Å². The van der Waals surface area contributed by atoms with Gasteiger partial charge in [0.05, 0.1) is 11.1 Å². The number of pyridine rings is 1. The topological polar surface area (TPSA) is 27.1 Å². The van der Waals surface area contributed by atoms with Crippen LogP contribution in [0.1, 0.15) is 5.56 Å². The Morgan fingerprint density at radius 3 is 2.59 bits per heavy atom.